The van der Waals surface area contributed by atoms with Crippen molar-refractivity contribution >= 4 is 23.7 Å². The molecule has 0 aliphatic rings. The van der Waals surface area contributed by atoms with Gasteiger partial charge in [0, 0.05) is 56.2 Å². The third-order valence-electron chi connectivity index (χ3n) is 7.23. The molecule has 3 N–H and O–H groups in total. The summed E-state index contributed by atoms with van der Waals surface area (Å²) in [7, 11) is 0. The molecule has 9 nitrogen and oxygen atoms in total. The molecule has 2 aromatic carbocycles. The van der Waals surface area contributed by atoms with E-state index in [0.717, 1.165) is 31.0 Å². The number of hydrogen-bond acceptors (Lipinski definition) is 5. The minimum atomic E-state index is -1.30. The first-order chi connectivity index (χ1) is 21.0. The van der Waals surface area contributed by atoms with E-state index in [1.165, 1.54) is 17.0 Å². The van der Waals surface area contributed by atoms with Gasteiger partial charge in [-0.05, 0) is 74.9 Å². The number of unbranched alkanes of at least 4 members (excludes halogenated alkanes) is 2. The SMILES string of the molecule is CCCN(CCC)C(=O)c1cccc(C(=O)N[C@@H](Cc2cc(F)cc(F)c2)[C@@H](O)CN(CC)C(=O)CCCCCC(=O)O)c1. The van der Waals surface area contributed by atoms with E-state index >= 15 is 0 Å². The van der Waals surface area contributed by atoms with E-state index in [4.69, 9.17) is 5.11 Å². The molecule has 0 fully saturated rings. The zero-order valence-electron chi connectivity index (χ0n) is 25.9. The van der Waals surface area contributed by atoms with E-state index in [9.17, 15) is 33.1 Å². The highest BCUT2D eigenvalue weighted by Gasteiger charge is 2.27. The highest BCUT2D eigenvalue weighted by Crippen LogP contribution is 2.16. The van der Waals surface area contributed by atoms with Gasteiger partial charge in [-0.2, -0.15) is 0 Å². The summed E-state index contributed by atoms with van der Waals surface area (Å²) < 4.78 is 28.0. The molecule has 0 spiro atoms. The molecule has 0 saturated carbocycles. The predicted molar refractivity (Wildman–Crippen MR) is 163 cm³/mol. The van der Waals surface area contributed by atoms with Crippen molar-refractivity contribution in [3.8, 4) is 0 Å². The van der Waals surface area contributed by atoms with Crippen molar-refractivity contribution in [1.29, 1.82) is 0 Å². The fourth-order valence-electron chi connectivity index (χ4n) is 5.00. The molecule has 3 amide bonds. The molecule has 2 rings (SSSR count). The van der Waals surface area contributed by atoms with Crippen LogP contribution in [0.3, 0.4) is 0 Å². The number of halogens is 2. The van der Waals surface area contributed by atoms with E-state index in [0.29, 0.717) is 37.9 Å². The van der Waals surface area contributed by atoms with Gasteiger partial charge >= 0.3 is 5.97 Å². The van der Waals surface area contributed by atoms with Crippen LogP contribution >= 0.6 is 0 Å². The molecule has 0 aliphatic carbocycles. The van der Waals surface area contributed by atoms with Crippen LogP contribution in [0.1, 0.15) is 92.0 Å². The predicted octanol–water partition coefficient (Wildman–Crippen LogP) is 4.81. The zero-order valence-corrected chi connectivity index (χ0v) is 25.9. The van der Waals surface area contributed by atoms with Crippen LogP contribution in [0, 0.1) is 11.6 Å². The monoisotopic (exact) mass is 617 g/mol. The molecule has 0 unspecified atom stereocenters. The van der Waals surface area contributed by atoms with Gasteiger partial charge < -0.3 is 25.3 Å². The van der Waals surface area contributed by atoms with Gasteiger partial charge in [0.1, 0.15) is 11.6 Å². The second-order valence-corrected chi connectivity index (χ2v) is 10.9. The van der Waals surface area contributed by atoms with E-state index in [-0.39, 0.29) is 55.3 Å². The Labute approximate surface area is 258 Å². The number of aliphatic hydroxyl groups excluding tert-OH is 1. The van der Waals surface area contributed by atoms with Crippen LogP contribution in [0.5, 0.6) is 0 Å². The molecular formula is C33H45F2N3O6. The van der Waals surface area contributed by atoms with Gasteiger partial charge in [0.25, 0.3) is 11.8 Å². The zero-order chi connectivity index (χ0) is 32.6. The van der Waals surface area contributed by atoms with Crippen molar-refractivity contribution < 1.29 is 38.2 Å². The molecule has 0 heterocycles. The standard InChI is InChI=1S/C33H45F2N3O6/c1-4-15-38(16-5-2)33(44)25-12-10-11-24(20-25)32(43)36-28(19-23-17-26(34)21-27(35)18-23)29(39)22-37(6-3)30(40)13-8-7-9-14-31(41)42/h10-12,17-18,20-21,28-29,39H,4-9,13-16,19,22H2,1-3H3,(H,36,43)(H,41,42)/t28-,29-/m0/s1. The van der Waals surface area contributed by atoms with Gasteiger partial charge in [-0.25, -0.2) is 8.78 Å². The van der Waals surface area contributed by atoms with Crippen LogP contribution in [0.25, 0.3) is 0 Å². The van der Waals surface area contributed by atoms with Crippen molar-refractivity contribution in [2.45, 2.75) is 84.3 Å². The van der Waals surface area contributed by atoms with Crippen molar-refractivity contribution in [2.24, 2.45) is 0 Å². The number of likely N-dealkylation sites (N-methyl/N-ethyl adjacent to an activating group) is 1. The molecule has 242 valence electrons. The number of benzene rings is 2. The minimum Gasteiger partial charge on any atom is -0.481 e. The number of rotatable bonds is 19. The van der Waals surface area contributed by atoms with E-state index in [2.05, 4.69) is 5.32 Å². The molecule has 0 bridgehead atoms. The number of hydrogen-bond donors (Lipinski definition) is 3. The maximum atomic E-state index is 14.0. The highest BCUT2D eigenvalue weighted by molar-refractivity contribution is 5.99. The molecule has 0 aromatic heterocycles. The smallest absolute Gasteiger partial charge is 0.303 e. The van der Waals surface area contributed by atoms with Gasteiger partial charge in [-0.3, -0.25) is 19.2 Å². The topological polar surface area (TPSA) is 127 Å². The lowest BCUT2D eigenvalue weighted by Crippen LogP contribution is -2.50. The Bertz CT molecular complexity index is 1230. The van der Waals surface area contributed by atoms with Crippen LogP contribution in [0.15, 0.2) is 42.5 Å². The Hall–Kier alpha value is -3.86. The van der Waals surface area contributed by atoms with Gasteiger partial charge in [-0.15, -0.1) is 0 Å². The number of aliphatic carboxylic acids is 1. The van der Waals surface area contributed by atoms with Crippen LogP contribution in [0.2, 0.25) is 0 Å². The van der Waals surface area contributed by atoms with Crippen molar-refractivity contribution in [3.05, 3.63) is 70.8 Å². The van der Waals surface area contributed by atoms with E-state index in [1.54, 1.807) is 24.0 Å². The summed E-state index contributed by atoms with van der Waals surface area (Å²) in [6, 6.07) is 8.17. The number of nitrogens with zero attached hydrogens (tertiary/aromatic N) is 2. The van der Waals surface area contributed by atoms with Crippen molar-refractivity contribution in [1.82, 2.24) is 15.1 Å². The Balaban J connectivity index is 2.23. The van der Waals surface area contributed by atoms with E-state index < -0.39 is 35.7 Å². The number of carbonyl (C=O) groups excluding carboxylic acids is 3. The summed E-state index contributed by atoms with van der Waals surface area (Å²) in [6.07, 6.45) is 1.86. The Morgan fingerprint density at radius 3 is 2.05 bits per heavy atom. The number of carboxylic acids is 1. The number of carbonyl (C=O) groups is 4. The molecule has 0 aliphatic heterocycles. The van der Waals surface area contributed by atoms with Crippen molar-refractivity contribution in [3.63, 3.8) is 0 Å². The number of aliphatic hydroxyl groups is 1. The summed E-state index contributed by atoms with van der Waals surface area (Å²) in [5.41, 5.74) is 0.726. The molecule has 0 radical (unpaired) electrons. The summed E-state index contributed by atoms with van der Waals surface area (Å²) in [5.74, 6) is -3.53. The Morgan fingerprint density at radius 1 is 0.841 bits per heavy atom. The first-order valence-electron chi connectivity index (χ1n) is 15.3. The lowest BCUT2D eigenvalue weighted by Gasteiger charge is -2.30. The Morgan fingerprint density at radius 2 is 1.45 bits per heavy atom. The maximum absolute atomic E-state index is 14.0. The molecular weight excluding hydrogens is 572 g/mol. The molecule has 44 heavy (non-hydrogen) atoms. The summed E-state index contributed by atoms with van der Waals surface area (Å²) in [5, 5.41) is 22.8. The maximum Gasteiger partial charge on any atom is 0.303 e. The minimum absolute atomic E-state index is 0.0270. The summed E-state index contributed by atoms with van der Waals surface area (Å²) in [6.45, 7) is 6.99. The van der Waals surface area contributed by atoms with Gasteiger partial charge in [-0.1, -0.05) is 26.3 Å². The van der Waals surface area contributed by atoms with Crippen LogP contribution < -0.4 is 5.32 Å². The van der Waals surface area contributed by atoms with E-state index in [1.807, 2.05) is 13.8 Å². The number of carboxylic acid groups (broad SMARTS) is 1. The molecule has 0 saturated heterocycles. The molecule has 2 aromatic rings. The average Bonchev–Trinajstić information content (AvgIpc) is 2.98. The van der Waals surface area contributed by atoms with Gasteiger partial charge in [0.15, 0.2) is 0 Å². The second kappa shape index (κ2) is 18.7. The number of nitrogens with one attached hydrogen (secondary N) is 1. The van der Waals surface area contributed by atoms with Crippen LogP contribution in [-0.2, 0) is 16.0 Å². The Kier molecular flexibility index (Phi) is 15.5. The second-order valence-electron chi connectivity index (χ2n) is 10.9. The highest BCUT2D eigenvalue weighted by atomic mass is 19.1. The largest absolute Gasteiger partial charge is 0.481 e. The van der Waals surface area contributed by atoms with Crippen molar-refractivity contribution in [2.75, 3.05) is 26.2 Å². The lowest BCUT2D eigenvalue weighted by molar-refractivity contribution is -0.137. The average molecular weight is 618 g/mol. The van der Waals surface area contributed by atoms with Crippen LogP contribution in [-0.4, -0.2) is 82.0 Å². The lowest BCUT2D eigenvalue weighted by atomic mass is 9.99. The normalized spacial score (nSPS) is 12.3. The first-order valence-corrected chi connectivity index (χ1v) is 15.3. The molecule has 11 heteroatoms. The first kappa shape index (κ1) is 36.3. The summed E-state index contributed by atoms with van der Waals surface area (Å²) >= 11 is 0. The third-order valence-corrected chi connectivity index (χ3v) is 7.23. The van der Waals surface area contributed by atoms with Gasteiger partial charge in [0.05, 0.1) is 12.1 Å². The quantitative estimate of drug-likeness (QED) is 0.194. The third kappa shape index (κ3) is 12.0. The van der Waals surface area contributed by atoms with Crippen LogP contribution in [0.4, 0.5) is 8.78 Å². The fourth-order valence-corrected chi connectivity index (χ4v) is 5.00. The number of amides is 3. The fraction of sp³-hybridized carbons (Fsp3) is 0.515. The van der Waals surface area contributed by atoms with Gasteiger partial charge in [0.2, 0.25) is 5.91 Å². The summed E-state index contributed by atoms with van der Waals surface area (Å²) in [4.78, 5) is 53.2. The molecule has 2 atom stereocenters.